The largest absolute Gasteiger partial charge is 0.351 e. The standard InChI is InChI=1S/C22H20ClFN2O3S2/c23-20-11-10-17(26-31(28,29)18-7-2-1-3-8-18)14-19(20)22(27)25-12-13-30-15-16-6-4-5-9-21(16)24/h1-11,14,26H,12-13,15H2,(H,25,27). The maximum atomic E-state index is 13.6. The van der Waals surface area contributed by atoms with Crippen molar-refractivity contribution in [1.82, 2.24) is 5.32 Å². The zero-order valence-electron chi connectivity index (χ0n) is 16.3. The zero-order valence-corrected chi connectivity index (χ0v) is 18.7. The molecular formula is C22H20ClFN2O3S2. The molecule has 3 aromatic carbocycles. The fourth-order valence-electron chi connectivity index (χ4n) is 2.71. The van der Waals surface area contributed by atoms with Crippen LogP contribution in [0.5, 0.6) is 0 Å². The molecule has 0 radical (unpaired) electrons. The zero-order chi connectivity index (χ0) is 22.3. The van der Waals surface area contributed by atoms with Gasteiger partial charge in [0.15, 0.2) is 0 Å². The second-order valence-electron chi connectivity index (χ2n) is 6.51. The van der Waals surface area contributed by atoms with Crippen LogP contribution in [0.15, 0.2) is 77.7 Å². The highest BCUT2D eigenvalue weighted by Crippen LogP contribution is 2.23. The van der Waals surface area contributed by atoms with Gasteiger partial charge in [-0.05, 0) is 42.0 Å². The Balaban J connectivity index is 1.57. The van der Waals surface area contributed by atoms with Gasteiger partial charge in [-0.15, -0.1) is 0 Å². The number of hydrogen-bond acceptors (Lipinski definition) is 4. The lowest BCUT2D eigenvalue weighted by Gasteiger charge is -2.11. The van der Waals surface area contributed by atoms with Crippen molar-refractivity contribution in [1.29, 1.82) is 0 Å². The molecule has 31 heavy (non-hydrogen) atoms. The molecule has 0 aliphatic carbocycles. The summed E-state index contributed by atoms with van der Waals surface area (Å²) in [5, 5.41) is 2.95. The van der Waals surface area contributed by atoms with Crippen LogP contribution in [0.1, 0.15) is 15.9 Å². The summed E-state index contributed by atoms with van der Waals surface area (Å²) in [5.41, 5.74) is 1.00. The molecule has 0 aromatic heterocycles. The molecule has 3 aromatic rings. The highest BCUT2D eigenvalue weighted by molar-refractivity contribution is 7.98. The Bertz CT molecular complexity index is 1160. The van der Waals surface area contributed by atoms with Crippen LogP contribution in [-0.2, 0) is 15.8 Å². The number of nitrogens with one attached hydrogen (secondary N) is 2. The molecule has 1 amide bonds. The molecule has 0 heterocycles. The number of rotatable bonds is 9. The molecule has 0 saturated carbocycles. The van der Waals surface area contributed by atoms with E-state index in [1.165, 1.54) is 48.2 Å². The van der Waals surface area contributed by atoms with Crippen molar-refractivity contribution in [2.24, 2.45) is 0 Å². The molecule has 0 bridgehead atoms. The number of hydrogen-bond donors (Lipinski definition) is 2. The topological polar surface area (TPSA) is 75.3 Å². The number of thioether (sulfide) groups is 1. The van der Waals surface area contributed by atoms with Crippen LogP contribution in [-0.4, -0.2) is 26.6 Å². The number of sulfonamides is 1. The van der Waals surface area contributed by atoms with Crippen LogP contribution in [0.4, 0.5) is 10.1 Å². The Morgan fingerprint density at radius 1 is 1.00 bits per heavy atom. The summed E-state index contributed by atoms with van der Waals surface area (Å²) in [5.74, 6) is 0.413. The van der Waals surface area contributed by atoms with Gasteiger partial charge in [0.1, 0.15) is 5.82 Å². The minimum atomic E-state index is -3.78. The van der Waals surface area contributed by atoms with E-state index in [1.54, 1.807) is 36.4 Å². The Kier molecular flexibility index (Phi) is 7.95. The van der Waals surface area contributed by atoms with Crippen molar-refractivity contribution in [2.45, 2.75) is 10.6 Å². The minimum absolute atomic E-state index is 0.114. The summed E-state index contributed by atoms with van der Waals surface area (Å²) in [7, 11) is -3.78. The number of halogens is 2. The van der Waals surface area contributed by atoms with E-state index < -0.39 is 15.9 Å². The average molecular weight is 479 g/mol. The maximum absolute atomic E-state index is 13.6. The monoisotopic (exact) mass is 478 g/mol. The lowest BCUT2D eigenvalue weighted by Crippen LogP contribution is -2.26. The number of carbonyl (C=O) groups is 1. The smallest absolute Gasteiger partial charge is 0.261 e. The van der Waals surface area contributed by atoms with Crippen molar-refractivity contribution < 1.29 is 17.6 Å². The van der Waals surface area contributed by atoms with Gasteiger partial charge in [0.25, 0.3) is 15.9 Å². The number of anilines is 1. The first-order valence-corrected chi connectivity index (χ1v) is 12.4. The molecule has 0 saturated heterocycles. The van der Waals surface area contributed by atoms with Gasteiger partial charge >= 0.3 is 0 Å². The van der Waals surface area contributed by atoms with E-state index in [4.69, 9.17) is 11.6 Å². The lowest BCUT2D eigenvalue weighted by molar-refractivity contribution is 0.0956. The van der Waals surface area contributed by atoms with Gasteiger partial charge in [-0.25, -0.2) is 12.8 Å². The van der Waals surface area contributed by atoms with E-state index in [0.29, 0.717) is 23.6 Å². The number of carbonyl (C=O) groups excluding carboxylic acids is 1. The van der Waals surface area contributed by atoms with Crippen LogP contribution in [0.2, 0.25) is 5.02 Å². The summed E-state index contributed by atoms with van der Waals surface area (Å²) < 4.78 is 41.0. The molecule has 162 valence electrons. The second kappa shape index (κ2) is 10.7. The van der Waals surface area contributed by atoms with Crippen molar-refractivity contribution in [3.8, 4) is 0 Å². The van der Waals surface area contributed by atoms with Crippen LogP contribution in [0.25, 0.3) is 0 Å². The first kappa shape index (κ1) is 23.1. The molecule has 0 unspecified atom stereocenters. The third-order valence-electron chi connectivity index (χ3n) is 4.26. The summed E-state index contributed by atoms with van der Waals surface area (Å²) in [4.78, 5) is 12.6. The molecule has 3 rings (SSSR count). The van der Waals surface area contributed by atoms with E-state index in [9.17, 15) is 17.6 Å². The molecule has 2 N–H and O–H groups in total. The lowest BCUT2D eigenvalue weighted by atomic mass is 10.2. The van der Waals surface area contributed by atoms with Gasteiger partial charge in [0.05, 0.1) is 15.5 Å². The Hall–Kier alpha value is -2.55. The quantitative estimate of drug-likeness (QED) is 0.427. The average Bonchev–Trinajstić information content (AvgIpc) is 2.76. The van der Waals surface area contributed by atoms with Gasteiger partial charge in [0.2, 0.25) is 0 Å². The van der Waals surface area contributed by atoms with Crippen molar-refractivity contribution in [3.05, 3.63) is 94.8 Å². The molecular weight excluding hydrogens is 459 g/mol. The van der Waals surface area contributed by atoms with Crippen molar-refractivity contribution in [3.63, 3.8) is 0 Å². The molecule has 0 aliphatic rings. The van der Waals surface area contributed by atoms with Gasteiger partial charge in [0, 0.05) is 23.7 Å². The SMILES string of the molecule is O=C(NCCSCc1ccccc1F)c1cc(NS(=O)(=O)c2ccccc2)ccc1Cl. The predicted octanol–water partition coefficient (Wildman–Crippen LogP) is 4.94. The fourth-order valence-corrected chi connectivity index (χ4v) is 4.82. The van der Waals surface area contributed by atoms with Gasteiger partial charge in [-0.1, -0.05) is 48.0 Å². The normalized spacial score (nSPS) is 11.2. The van der Waals surface area contributed by atoms with Crippen molar-refractivity contribution in [2.75, 3.05) is 17.0 Å². The molecule has 5 nitrogen and oxygen atoms in total. The summed E-state index contributed by atoms with van der Waals surface area (Å²) in [6, 6.07) is 18.8. The highest BCUT2D eigenvalue weighted by Gasteiger charge is 2.16. The molecule has 0 aliphatic heterocycles. The summed E-state index contributed by atoms with van der Waals surface area (Å²) >= 11 is 7.62. The Morgan fingerprint density at radius 2 is 1.71 bits per heavy atom. The third kappa shape index (κ3) is 6.46. The van der Waals surface area contributed by atoms with E-state index in [-0.39, 0.29) is 27.0 Å². The van der Waals surface area contributed by atoms with E-state index >= 15 is 0 Å². The highest BCUT2D eigenvalue weighted by atomic mass is 35.5. The summed E-state index contributed by atoms with van der Waals surface area (Å²) in [6.07, 6.45) is 0. The van der Waals surface area contributed by atoms with E-state index in [0.717, 1.165) is 0 Å². The van der Waals surface area contributed by atoms with Crippen LogP contribution in [0.3, 0.4) is 0 Å². The summed E-state index contributed by atoms with van der Waals surface area (Å²) in [6.45, 7) is 0.355. The number of benzene rings is 3. The van der Waals surface area contributed by atoms with Crippen LogP contribution in [0, 0.1) is 5.82 Å². The minimum Gasteiger partial charge on any atom is -0.351 e. The first-order chi connectivity index (χ1) is 14.9. The molecule has 0 fully saturated rings. The Labute approximate surface area is 190 Å². The molecule has 0 spiro atoms. The van der Waals surface area contributed by atoms with Crippen molar-refractivity contribution >= 4 is 45.0 Å². The van der Waals surface area contributed by atoms with Gasteiger partial charge < -0.3 is 5.32 Å². The van der Waals surface area contributed by atoms with Crippen LogP contribution < -0.4 is 10.0 Å². The molecule has 0 atom stereocenters. The van der Waals surface area contributed by atoms with E-state index in [1.807, 2.05) is 0 Å². The van der Waals surface area contributed by atoms with E-state index in [2.05, 4.69) is 10.0 Å². The molecule has 9 heteroatoms. The first-order valence-electron chi connectivity index (χ1n) is 9.33. The fraction of sp³-hybridized carbons (Fsp3) is 0.136. The number of amides is 1. The van der Waals surface area contributed by atoms with Crippen LogP contribution >= 0.6 is 23.4 Å². The second-order valence-corrected chi connectivity index (χ2v) is 9.71. The third-order valence-corrected chi connectivity index (χ3v) is 7.00. The maximum Gasteiger partial charge on any atom is 0.261 e. The predicted molar refractivity (Wildman–Crippen MR) is 124 cm³/mol. The van der Waals surface area contributed by atoms with Gasteiger partial charge in [-0.2, -0.15) is 11.8 Å². The Morgan fingerprint density at radius 3 is 2.45 bits per heavy atom. The van der Waals surface area contributed by atoms with Gasteiger partial charge in [-0.3, -0.25) is 9.52 Å².